The van der Waals surface area contributed by atoms with Crippen molar-refractivity contribution in [3.05, 3.63) is 71.9 Å². The van der Waals surface area contributed by atoms with Crippen molar-refractivity contribution in [2.24, 2.45) is 0 Å². The van der Waals surface area contributed by atoms with E-state index in [9.17, 15) is 4.79 Å². The van der Waals surface area contributed by atoms with Crippen LogP contribution in [0.4, 0.5) is 17.5 Å². The number of carbonyl (C=O) groups is 1. The third-order valence-electron chi connectivity index (χ3n) is 6.80. The van der Waals surface area contributed by atoms with Crippen LogP contribution in [0.25, 0.3) is 0 Å². The first-order valence-corrected chi connectivity index (χ1v) is 11.9. The Labute approximate surface area is 200 Å². The van der Waals surface area contributed by atoms with E-state index in [1.165, 1.54) is 0 Å². The number of amides is 1. The molecule has 2 aliphatic rings. The summed E-state index contributed by atoms with van der Waals surface area (Å²) < 4.78 is 5.61. The molecule has 1 N–H and O–H groups in total. The molecule has 0 bridgehead atoms. The average Bonchev–Trinajstić information content (AvgIpc) is 2.90. The molecule has 0 unspecified atom stereocenters. The minimum atomic E-state index is -0.487. The van der Waals surface area contributed by atoms with Crippen LogP contribution in [-0.4, -0.2) is 65.4 Å². The lowest BCUT2D eigenvalue weighted by atomic mass is 9.73. The Morgan fingerprint density at radius 1 is 0.941 bits per heavy atom. The summed E-state index contributed by atoms with van der Waals surface area (Å²) in [6, 6.07) is 18.0. The molecule has 0 radical (unpaired) electrons. The van der Waals surface area contributed by atoms with Crippen LogP contribution in [0.5, 0.6) is 0 Å². The first-order chi connectivity index (χ1) is 16.6. The molecule has 1 aromatic carbocycles. The number of aromatic nitrogens is 3. The van der Waals surface area contributed by atoms with Crippen molar-refractivity contribution in [3.63, 3.8) is 0 Å². The van der Waals surface area contributed by atoms with Gasteiger partial charge in [-0.05, 0) is 55.2 Å². The third-order valence-corrected chi connectivity index (χ3v) is 6.80. The second-order valence-electron chi connectivity index (χ2n) is 8.96. The van der Waals surface area contributed by atoms with Gasteiger partial charge in [0.1, 0.15) is 5.82 Å². The standard InChI is InChI=1S/C26H30N6O2/c1-20-9-12-27-23(19-20)28-22-7-8-24(30-29-22)31-13-15-32(16-14-31)25(33)26(10-17-34-18-11-26)21-5-3-2-4-6-21/h2-9,12,19H,10-11,13-18H2,1H3,(H,27,28,29). The number of carbonyl (C=O) groups excluding carboxylic acids is 1. The van der Waals surface area contributed by atoms with Crippen molar-refractivity contribution in [1.82, 2.24) is 20.1 Å². The highest BCUT2D eigenvalue weighted by Gasteiger charge is 2.44. The van der Waals surface area contributed by atoms with Crippen LogP contribution in [0.1, 0.15) is 24.0 Å². The monoisotopic (exact) mass is 458 g/mol. The number of hydrogen-bond acceptors (Lipinski definition) is 7. The molecule has 1 amide bonds. The van der Waals surface area contributed by atoms with Gasteiger partial charge in [0.05, 0.1) is 5.41 Å². The minimum absolute atomic E-state index is 0.220. The lowest BCUT2D eigenvalue weighted by Crippen LogP contribution is -2.56. The van der Waals surface area contributed by atoms with Crippen LogP contribution in [-0.2, 0) is 14.9 Å². The molecule has 34 heavy (non-hydrogen) atoms. The average molecular weight is 459 g/mol. The van der Waals surface area contributed by atoms with Gasteiger partial charge < -0.3 is 19.9 Å². The maximum Gasteiger partial charge on any atom is 0.233 e. The summed E-state index contributed by atoms with van der Waals surface area (Å²) in [6.45, 7) is 6.06. The highest BCUT2D eigenvalue weighted by Crippen LogP contribution is 2.37. The molecule has 0 aliphatic carbocycles. The normalized spacial score (nSPS) is 17.9. The van der Waals surface area contributed by atoms with Gasteiger partial charge in [-0.25, -0.2) is 4.98 Å². The number of rotatable bonds is 5. The summed E-state index contributed by atoms with van der Waals surface area (Å²) in [7, 11) is 0. The largest absolute Gasteiger partial charge is 0.381 e. The van der Waals surface area contributed by atoms with Crippen molar-refractivity contribution in [2.75, 3.05) is 49.6 Å². The summed E-state index contributed by atoms with van der Waals surface area (Å²) >= 11 is 0. The van der Waals surface area contributed by atoms with E-state index in [2.05, 4.69) is 37.5 Å². The summed E-state index contributed by atoms with van der Waals surface area (Å²) in [5, 5.41) is 11.9. The Hall–Kier alpha value is -3.52. The van der Waals surface area contributed by atoms with Crippen LogP contribution in [0.3, 0.4) is 0 Å². The fourth-order valence-electron chi connectivity index (χ4n) is 4.84. The Morgan fingerprint density at radius 3 is 2.38 bits per heavy atom. The van der Waals surface area contributed by atoms with Crippen LogP contribution < -0.4 is 10.2 Å². The maximum atomic E-state index is 13.8. The van der Waals surface area contributed by atoms with Crippen LogP contribution in [0.15, 0.2) is 60.8 Å². The third kappa shape index (κ3) is 4.59. The molecule has 2 aromatic heterocycles. The number of pyridine rings is 1. The molecular formula is C26H30N6O2. The fraction of sp³-hybridized carbons (Fsp3) is 0.385. The number of piperazine rings is 1. The van der Waals surface area contributed by atoms with Crippen LogP contribution in [0.2, 0.25) is 0 Å². The highest BCUT2D eigenvalue weighted by atomic mass is 16.5. The van der Waals surface area contributed by atoms with E-state index < -0.39 is 5.41 Å². The highest BCUT2D eigenvalue weighted by molar-refractivity contribution is 5.88. The minimum Gasteiger partial charge on any atom is -0.381 e. The number of anilines is 3. The number of nitrogens with zero attached hydrogens (tertiary/aromatic N) is 5. The van der Waals surface area contributed by atoms with E-state index in [0.29, 0.717) is 32.1 Å². The molecule has 0 spiro atoms. The molecule has 3 aromatic rings. The second kappa shape index (κ2) is 9.77. The SMILES string of the molecule is Cc1ccnc(Nc2ccc(N3CCN(C(=O)C4(c5ccccc5)CCOCC4)CC3)nn2)c1. The van der Waals surface area contributed by atoms with E-state index in [4.69, 9.17) is 4.74 Å². The van der Waals surface area contributed by atoms with Gasteiger partial charge in [0.15, 0.2) is 11.6 Å². The summed E-state index contributed by atoms with van der Waals surface area (Å²) in [5.74, 6) is 2.44. The maximum absolute atomic E-state index is 13.8. The quantitative estimate of drug-likeness (QED) is 0.628. The zero-order chi connectivity index (χ0) is 23.4. The molecule has 0 saturated carbocycles. The number of benzene rings is 1. The van der Waals surface area contributed by atoms with E-state index in [0.717, 1.165) is 48.7 Å². The molecule has 2 saturated heterocycles. The Balaban J connectivity index is 1.23. The number of ether oxygens (including phenoxy) is 1. The van der Waals surface area contributed by atoms with Crippen molar-refractivity contribution in [2.45, 2.75) is 25.2 Å². The second-order valence-corrected chi connectivity index (χ2v) is 8.96. The molecule has 5 rings (SSSR count). The van der Waals surface area contributed by atoms with Gasteiger partial charge in [-0.2, -0.15) is 0 Å². The topological polar surface area (TPSA) is 83.5 Å². The van der Waals surface area contributed by atoms with E-state index in [1.807, 2.05) is 54.3 Å². The van der Waals surface area contributed by atoms with E-state index >= 15 is 0 Å². The smallest absolute Gasteiger partial charge is 0.233 e. The summed E-state index contributed by atoms with van der Waals surface area (Å²) in [5.41, 5.74) is 1.74. The molecule has 8 nitrogen and oxygen atoms in total. The Morgan fingerprint density at radius 2 is 1.71 bits per heavy atom. The number of nitrogens with one attached hydrogen (secondary N) is 1. The lowest BCUT2D eigenvalue weighted by Gasteiger charge is -2.43. The van der Waals surface area contributed by atoms with Crippen molar-refractivity contribution in [1.29, 1.82) is 0 Å². The molecule has 8 heteroatoms. The predicted octanol–water partition coefficient (Wildman–Crippen LogP) is 3.32. The van der Waals surface area contributed by atoms with Gasteiger partial charge in [0.25, 0.3) is 0 Å². The summed E-state index contributed by atoms with van der Waals surface area (Å²) in [4.78, 5) is 22.3. The zero-order valence-electron chi connectivity index (χ0n) is 19.5. The van der Waals surface area contributed by atoms with Crippen LogP contribution in [0, 0.1) is 6.92 Å². The predicted molar refractivity (Wildman–Crippen MR) is 131 cm³/mol. The van der Waals surface area contributed by atoms with E-state index in [1.54, 1.807) is 6.20 Å². The van der Waals surface area contributed by atoms with E-state index in [-0.39, 0.29) is 5.91 Å². The van der Waals surface area contributed by atoms with Gasteiger partial charge in [-0.1, -0.05) is 30.3 Å². The first kappa shape index (κ1) is 22.3. The van der Waals surface area contributed by atoms with Gasteiger partial charge in [0.2, 0.25) is 5.91 Å². The fourth-order valence-corrected chi connectivity index (χ4v) is 4.84. The van der Waals surface area contributed by atoms with Crippen molar-refractivity contribution in [3.8, 4) is 0 Å². The van der Waals surface area contributed by atoms with Crippen LogP contribution >= 0.6 is 0 Å². The van der Waals surface area contributed by atoms with Gasteiger partial charge in [-0.15, -0.1) is 10.2 Å². The lowest BCUT2D eigenvalue weighted by molar-refractivity contribution is -0.141. The molecule has 2 fully saturated rings. The first-order valence-electron chi connectivity index (χ1n) is 11.9. The Bertz CT molecular complexity index is 1110. The molecular weight excluding hydrogens is 428 g/mol. The molecule has 176 valence electrons. The van der Waals surface area contributed by atoms with Crippen molar-refractivity contribution >= 4 is 23.4 Å². The van der Waals surface area contributed by atoms with Gasteiger partial charge in [0, 0.05) is 45.6 Å². The van der Waals surface area contributed by atoms with Gasteiger partial charge in [-0.3, -0.25) is 4.79 Å². The van der Waals surface area contributed by atoms with Gasteiger partial charge >= 0.3 is 0 Å². The molecule has 2 aliphatic heterocycles. The number of aryl methyl sites for hydroxylation is 1. The zero-order valence-corrected chi connectivity index (χ0v) is 19.5. The number of hydrogen-bond donors (Lipinski definition) is 1. The molecule has 0 atom stereocenters. The molecule has 4 heterocycles. The Kier molecular flexibility index (Phi) is 6.40. The summed E-state index contributed by atoms with van der Waals surface area (Å²) in [6.07, 6.45) is 3.22. The van der Waals surface area contributed by atoms with Crippen molar-refractivity contribution < 1.29 is 9.53 Å².